The molecular weight excluding hydrogens is 180 g/mol. The summed E-state index contributed by atoms with van der Waals surface area (Å²) in [5.74, 6) is 0. The first-order valence-electron chi connectivity index (χ1n) is 5.43. The smallest absolute Gasteiger partial charge is 0.0391 e. The van der Waals surface area contributed by atoms with Crippen molar-refractivity contribution < 1.29 is 0 Å². The van der Waals surface area contributed by atoms with Crippen molar-refractivity contribution in [2.75, 3.05) is 0 Å². The minimum Gasteiger partial charge on any atom is -0.0830 e. The molecule has 3 rings (SSSR count). The molecule has 0 saturated carbocycles. The molecular formula is C15H13. The Bertz CT molecular complexity index is 452. The maximum Gasteiger partial charge on any atom is 0.0391 e. The molecule has 0 fully saturated rings. The van der Waals surface area contributed by atoms with E-state index in [0.717, 1.165) is 12.8 Å². The summed E-state index contributed by atoms with van der Waals surface area (Å²) in [6.45, 7) is 0. The first-order valence-corrected chi connectivity index (χ1v) is 5.43. The van der Waals surface area contributed by atoms with Crippen molar-refractivity contribution in [3.8, 4) is 0 Å². The largest absolute Gasteiger partial charge is 0.0830 e. The first-order chi connectivity index (χ1) is 7.42. The van der Waals surface area contributed by atoms with Crippen LogP contribution < -0.4 is 0 Å². The van der Waals surface area contributed by atoms with Gasteiger partial charge in [0.2, 0.25) is 0 Å². The van der Waals surface area contributed by atoms with Crippen LogP contribution >= 0.6 is 0 Å². The molecule has 0 aromatic heterocycles. The van der Waals surface area contributed by atoms with Gasteiger partial charge < -0.3 is 0 Å². The third kappa shape index (κ3) is 1.21. The van der Waals surface area contributed by atoms with Crippen molar-refractivity contribution in [3.63, 3.8) is 0 Å². The van der Waals surface area contributed by atoms with E-state index in [-0.39, 0.29) is 5.41 Å². The summed E-state index contributed by atoms with van der Waals surface area (Å²) in [6.07, 6.45) is 25.2. The molecule has 0 aromatic carbocycles. The van der Waals surface area contributed by atoms with Gasteiger partial charge in [-0.05, 0) is 24.5 Å². The van der Waals surface area contributed by atoms with Crippen LogP contribution in [0.1, 0.15) is 12.8 Å². The van der Waals surface area contributed by atoms with E-state index in [1.807, 2.05) is 0 Å². The van der Waals surface area contributed by atoms with Crippen LogP contribution in [0.15, 0.2) is 65.8 Å². The number of allylic oxidation sites excluding steroid dienone is 12. The highest BCUT2D eigenvalue weighted by Gasteiger charge is 2.35. The molecule has 0 heteroatoms. The average Bonchev–Trinajstić information content (AvgIpc) is 2.47. The zero-order valence-electron chi connectivity index (χ0n) is 8.61. The molecule has 73 valence electrons. The van der Waals surface area contributed by atoms with Crippen molar-refractivity contribution in [1.82, 2.24) is 0 Å². The van der Waals surface area contributed by atoms with Crippen LogP contribution in [0, 0.1) is 11.5 Å². The van der Waals surface area contributed by atoms with Gasteiger partial charge in [-0.3, -0.25) is 0 Å². The fraction of sp³-hybridized carbons (Fsp3) is 0.200. The fourth-order valence-electron chi connectivity index (χ4n) is 2.55. The predicted molar refractivity (Wildman–Crippen MR) is 63.1 cm³/mol. The zero-order valence-corrected chi connectivity index (χ0v) is 8.61. The third-order valence-electron chi connectivity index (χ3n) is 3.38. The molecule has 0 nitrogen and oxygen atoms in total. The Morgan fingerprint density at radius 3 is 3.13 bits per heavy atom. The van der Waals surface area contributed by atoms with E-state index in [0.29, 0.717) is 0 Å². The Balaban J connectivity index is 2.19. The van der Waals surface area contributed by atoms with Gasteiger partial charge in [-0.1, -0.05) is 60.3 Å². The molecule has 1 unspecified atom stereocenters. The number of hydrogen-bond donors (Lipinski definition) is 0. The van der Waals surface area contributed by atoms with Gasteiger partial charge in [0.1, 0.15) is 0 Å². The van der Waals surface area contributed by atoms with Gasteiger partial charge in [0.15, 0.2) is 0 Å². The molecule has 1 spiro atoms. The second-order valence-electron chi connectivity index (χ2n) is 4.18. The molecule has 3 aliphatic carbocycles. The Hall–Kier alpha value is -1.56. The van der Waals surface area contributed by atoms with Crippen LogP contribution in [0.5, 0.6) is 0 Å². The summed E-state index contributed by atoms with van der Waals surface area (Å²) in [6, 6.07) is 0. The summed E-state index contributed by atoms with van der Waals surface area (Å²) in [5, 5.41) is 0. The normalized spacial score (nSPS) is 31.5. The highest BCUT2D eigenvalue weighted by atomic mass is 14.4. The summed E-state index contributed by atoms with van der Waals surface area (Å²) in [7, 11) is 0. The average molecular weight is 193 g/mol. The molecule has 0 saturated heterocycles. The lowest BCUT2D eigenvalue weighted by atomic mass is 9.67. The maximum atomic E-state index is 3.40. The molecule has 1 radical (unpaired) electrons. The second-order valence-corrected chi connectivity index (χ2v) is 4.18. The fourth-order valence-corrected chi connectivity index (χ4v) is 2.55. The van der Waals surface area contributed by atoms with Gasteiger partial charge in [0.25, 0.3) is 0 Å². The van der Waals surface area contributed by atoms with Crippen LogP contribution in [0.2, 0.25) is 0 Å². The van der Waals surface area contributed by atoms with Crippen molar-refractivity contribution in [2.24, 2.45) is 5.41 Å². The summed E-state index contributed by atoms with van der Waals surface area (Å²) in [5.41, 5.74) is 2.89. The Morgan fingerprint density at radius 1 is 1.13 bits per heavy atom. The molecule has 0 amide bonds. The van der Waals surface area contributed by atoms with E-state index in [2.05, 4.69) is 60.8 Å². The van der Waals surface area contributed by atoms with Crippen molar-refractivity contribution in [2.45, 2.75) is 12.8 Å². The lowest BCUT2D eigenvalue weighted by Gasteiger charge is -2.36. The monoisotopic (exact) mass is 193 g/mol. The van der Waals surface area contributed by atoms with Crippen LogP contribution in [-0.4, -0.2) is 0 Å². The predicted octanol–water partition coefficient (Wildman–Crippen LogP) is 3.67. The quantitative estimate of drug-likeness (QED) is 0.550. The van der Waals surface area contributed by atoms with Crippen molar-refractivity contribution in [3.05, 3.63) is 71.9 Å². The minimum atomic E-state index is 0.104. The molecule has 0 aliphatic heterocycles. The SMILES string of the molecule is [C]1=C2C=CC=CC23CC=CC=C3CC=C1. The Morgan fingerprint density at radius 2 is 2.13 bits per heavy atom. The minimum absolute atomic E-state index is 0.104. The lowest BCUT2D eigenvalue weighted by Crippen LogP contribution is -2.24. The van der Waals surface area contributed by atoms with Crippen LogP contribution in [0.3, 0.4) is 0 Å². The lowest BCUT2D eigenvalue weighted by molar-refractivity contribution is 0.549. The molecule has 0 bridgehead atoms. The Kier molecular flexibility index (Phi) is 1.88. The van der Waals surface area contributed by atoms with Crippen molar-refractivity contribution in [1.29, 1.82) is 0 Å². The van der Waals surface area contributed by atoms with Gasteiger partial charge >= 0.3 is 0 Å². The zero-order chi connectivity index (χ0) is 10.1. The van der Waals surface area contributed by atoms with Crippen molar-refractivity contribution >= 4 is 0 Å². The van der Waals surface area contributed by atoms with Crippen LogP contribution in [0.25, 0.3) is 0 Å². The number of hydrogen-bond acceptors (Lipinski definition) is 0. The third-order valence-corrected chi connectivity index (χ3v) is 3.38. The first kappa shape index (κ1) is 8.72. The standard InChI is InChI=1S/C15H13/c1-2-8-14-10-4-6-12-15(14)11-5-3-9-13(15)7-1/h1-6,9-10,12H,7,11H2. The molecule has 1 atom stereocenters. The molecule has 3 aliphatic rings. The van der Waals surface area contributed by atoms with Gasteiger partial charge in [-0.2, -0.15) is 0 Å². The number of rotatable bonds is 0. The molecule has 0 N–H and O–H groups in total. The molecule has 15 heavy (non-hydrogen) atoms. The molecule has 0 heterocycles. The maximum absolute atomic E-state index is 3.40. The summed E-state index contributed by atoms with van der Waals surface area (Å²) < 4.78 is 0. The van der Waals surface area contributed by atoms with E-state index in [1.165, 1.54) is 11.1 Å². The van der Waals surface area contributed by atoms with E-state index in [1.54, 1.807) is 0 Å². The van der Waals surface area contributed by atoms with Gasteiger partial charge in [0, 0.05) is 5.41 Å². The summed E-state index contributed by atoms with van der Waals surface area (Å²) in [4.78, 5) is 0. The van der Waals surface area contributed by atoms with Gasteiger partial charge in [0.05, 0.1) is 0 Å². The van der Waals surface area contributed by atoms with E-state index in [9.17, 15) is 0 Å². The summed E-state index contributed by atoms with van der Waals surface area (Å²) >= 11 is 0. The topological polar surface area (TPSA) is 0 Å². The van der Waals surface area contributed by atoms with Crippen LogP contribution in [0.4, 0.5) is 0 Å². The van der Waals surface area contributed by atoms with E-state index in [4.69, 9.17) is 0 Å². The van der Waals surface area contributed by atoms with E-state index < -0.39 is 0 Å². The second kappa shape index (κ2) is 3.23. The van der Waals surface area contributed by atoms with E-state index >= 15 is 0 Å². The van der Waals surface area contributed by atoms with Gasteiger partial charge in [-0.25, -0.2) is 0 Å². The highest BCUT2D eigenvalue weighted by molar-refractivity contribution is 5.51. The molecule has 0 aromatic rings. The highest BCUT2D eigenvalue weighted by Crippen LogP contribution is 2.47. The van der Waals surface area contributed by atoms with Gasteiger partial charge in [-0.15, -0.1) is 0 Å². The van der Waals surface area contributed by atoms with Crippen LogP contribution in [-0.2, 0) is 0 Å². The Labute approximate surface area is 90.7 Å².